The molecule has 0 aliphatic carbocycles. The molecule has 0 amide bonds. The standard InChI is InChI=1S/C11H14N2O4/c1-2-17-11(14)7-10(12)8-4-3-5-9(6-8)13(15)16/h3-6,10H,2,7,12H2,1H3/p+1/t10-/m0/s1. The molecule has 0 aliphatic heterocycles. The topological polar surface area (TPSA) is 97.1 Å². The van der Waals surface area contributed by atoms with Gasteiger partial charge in [-0.3, -0.25) is 14.9 Å². The minimum atomic E-state index is -0.472. The Morgan fingerprint density at radius 3 is 2.88 bits per heavy atom. The van der Waals surface area contributed by atoms with Gasteiger partial charge in [0.25, 0.3) is 5.69 Å². The number of hydrogen-bond donors (Lipinski definition) is 1. The Hall–Kier alpha value is -1.95. The van der Waals surface area contributed by atoms with Gasteiger partial charge in [0, 0.05) is 17.7 Å². The zero-order chi connectivity index (χ0) is 12.8. The van der Waals surface area contributed by atoms with Crippen molar-refractivity contribution >= 4 is 11.7 Å². The number of carbonyl (C=O) groups is 1. The predicted molar refractivity (Wildman–Crippen MR) is 60.0 cm³/mol. The van der Waals surface area contributed by atoms with Crippen LogP contribution in [-0.2, 0) is 9.53 Å². The van der Waals surface area contributed by atoms with E-state index in [0.29, 0.717) is 12.2 Å². The van der Waals surface area contributed by atoms with Gasteiger partial charge >= 0.3 is 5.97 Å². The Bertz CT molecular complexity index is 420. The van der Waals surface area contributed by atoms with Crippen molar-refractivity contribution in [3.05, 3.63) is 39.9 Å². The monoisotopic (exact) mass is 239 g/mol. The Kier molecular flexibility index (Phi) is 4.59. The van der Waals surface area contributed by atoms with E-state index in [0.717, 1.165) is 0 Å². The van der Waals surface area contributed by atoms with E-state index in [1.807, 2.05) is 0 Å². The van der Waals surface area contributed by atoms with E-state index in [2.05, 4.69) is 5.73 Å². The van der Waals surface area contributed by atoms with Crippen LogP contribution in [-0.4, -0.2) is 17.5 Å². The Morgan fingerprint density at radius 1 is 1.59 bits per heavy atom. The molecule has 17 heavy (non-hydrogen) atoms. The first-order valence-corrected chi connectivity index (χ1v) is 5.27. The van der Waals surface area contributed by atoms with Gasteiger partial charge in [-0.05, 0) is 6.92 Å². The second kappa shape index (κ2) is 5.95. The van der Waals surface area contributed by atoms with E-state index >= 15 is 0 Å². The lowest BCUT2D eigenvalue weighted by atomic mass is 10.0. The highest BCUT2D eigenvalue weighted by atomic mass is 16.6. The predicted octanol–water partition coefficient (Wildman–Crippen LogP) is 0.831. The summed E-state index contributed by atoms with van der Waals surface area (Å²) in [5.74, 6) is -0.348. The van der Waals surface area contributed by atoms with Crippen LogP contribution in [0.15, 0.2) is 24.3 Å². The Labute approximate surface area is 98.5 Å². The lowest BCUT2D eigenvalue weighted by Crippen LogP contribution is -2.54. The second-order valence-electron chi connectivity index (χ2n) is 3.56. The van der Waals surface area contributed by atoms with E-state index in [1.165, 1.54) is 12.1 Å². The molecule has 0 radical (unpaired) electrons. The minimum absolute atomic E-state index is 0.00000821. The summed E-state index contributed by atoms with van der Waals surface area (Å²) in [4.78, 5) is 21.4. The average molecular weight is 239 g/mol. The number of non-ortho nitro benzene ring substituents is 1. The molecular weight excluding hydrogens is 224 g/mol. The van der Waals surface area contributed by atoms with E-state index in [-0.39, 0.29) is 24.1 Å². The average Bonchev–Trinajstić information content (AvgIpc) is 2.29. The summed E-state index contributed by atoms with van der Waals surface area (Å²) in [6, 6.07) is 5.78. The van der Waals surface area contributed by atoms with Gasteiger partial charge in [-0.2, -0.15) is 0 Å². The molecule has 6 nitrogen and oxygen atoms in total. The van der Waals surface area contributed by atoms with Crippen molar-refractivity contribution in [3.8, 4) is 0 Å². The van der Waals surface area contributed by atoms with Crippen molar-refractivity contribution in [1.82, 2.24) is 0 Å². The molecule has 1 aromatic rings. The molecule has 0 heterocycles. The number of benzene rings is 1. The summed E-state index contributed by atoms with van der Waals surface area (Å²) in [7, 11) is 0. The van der Waals surface area contributed by atoms with Crippen molar-refractivity contribution < 1.29 is 20.2 Å². The van der Waals surface area contributed by atoms with Crippen LogP contribution in [0.2, 0.25) is 0 Å². The van der Waals surface area contributed by atoms with Crippen molar-refractivity contribution in [3.63, 3.8) is 0 Å². The molecular formula is C11H15N2O4+. The van der Waals surface area contributed by atoms with Crippen LogP contribution in [0.1, 0.15) is 24.9 Å². The SMILES string of the molecule is CCOC(=O)C[C@H]([NH3+])c1cccc([N+](=O)[O-])c1. The zero-order valence-corrected chi connectivity index (χ0v) is 9.59. The fourth-order valence-electron chi connectivity index (χ4n) is 1.43. The third-order valence-corrected chi connectivity index (χ3v) is 2.27. The largest absolute Gasteiger partial charge is 0.466 e. The molecule has 1 aromatic carbocycles. The molecule has 1 rings (SSSR count). The third-order valence-electron chi connectivity index (χ3n) is 2.27. The molecule has 0 bridgehead atoms. The van der Waals surface area contributed by atoms with Gasteiger partial charge in [-0.25, -0.2) is 0 Å². The highest BCUT2D eigenvalue weighted by Gasteiger charge is 2.18. The number of nitrogens with zero attached hydrogens (tertiary/aromatic N) is 1. The van der Waals surface area contributed by atoms with Crippen LogP contribution >= 0.6 is 0 Å². The maximum atomic E-state index is 11.2. The number of hydrogen-bond acceptors (Lipinski definition) is 4. The number of quaternary nitrogens is 1. The minimum Gasteiger partial charge on any atom is -0.466 e. The first kappa shape index (κ1) is 13.1. The maximum Gasteiger partial charge on any atom is 0.312 e. The number of ether oxygens (including phenoxy) is 1. The summed E-state index contributed by atoms with van der Waals surface area (Å²) in [5, 5.41) is 10.6. The fourth-order valence-corrected chi connectivity index (χ4v) is 1.43. The number of esters is 1. The Morgan fingerprint density at radius 2 is 2.29 bits per heavy atom. The molecule has 92 valence electrons. The molecule has 0 saturated carbocycles. The fraction of sp³-hybridized carbons (Fsp3) is 0.364. The molecule has 3 N–H and O–H groups in total. The highest BCUT2D eigenvalue weighted by molar-refractivity contribution is 5.70. The molecule has 0 aromatic heterocycles. The van der Waals surface area contributed by atoms with Gasteiger partial charge in [0.2, 0.25) is 0 Å². The zero-order valence-electron chi connectivity index (χ0n) is 9.59. The molecule has 0 saturated heterocycles. The van der Waals surface area contributed by atoms with Crippen molar-refractivity contribution in [2.24, 2.45) is 0 Å². The van der Waals surface area contributed by atoms with Gasteiger partial charge in [-0.1, -0.05) is 12.1 Å². The van der Waals surface area contributed by atoms with Crippen molar-refractivity contribution in [2.75, 3.05) is 6.61 Å². The number of carbonyl (C=O) groups excluding carboxylic acids is 1. The number of nitro benzene ring substituents is 1. The van der Waals surface area contributed by atoms with E-state index in [1.54, 1.807) is 19.1 Å². The molecule has 6 heteroatoms. The quantitative estimate of drug-likeness (QED) is 0.467. The van der Waals surface area contributed by atoms with Crippen LogP contribution in [0.3, 0.4) is 0 Å². The normalized spacial score (nSPS) is 11.9. The van der Waals surface area contributed by atoms with E-state index in [9.17, 15) is 14.9 Å². The van der Waals surface area contributed by atoms with Crippen LogP contribution in [0.4, 0.5) is 5.69 Å². The first-order chi connectivity index (χ1) is 8.04. The van der Waals surface area contributed by atoms with Crippen LogP contribution < -0.4 is 5.73 Å². The third kappa shape index (κ3) is 3.84. The second-order valence-corrected chi connectivity index (χ2v) is 3.56. The van der Waals surface area contributed by atoms with Crippen LogP contribution in [0, 0.1) is 10.1 Å². The molecule has 0 fully saturated rings. The summed E-state index contributed by atoms with van der Waals surface area (Å²) in [5.41, 5.74) is 4.47. The van der Waals surface area contributed by atoms with Crippen LogP contribution in [0.5, 0.6) is 0 Å². The summed E-state index contributed by atoms with van der Waals surface area (Å²) >= 11 is 0. The first-order valence-electron chi connectivity index (χ1n) is 5.27. The number of rotatable bonds is 5. The lowest BCUT2D eigenvalue weighted by molar-refractivity contribution is -0.426. The summed E-state index contributed by atoms with van der Waals surface area (Å²) in [6.45, 7) is 2.05. The van der Waals surface area contributed by atoms with E-state index < -0.39 is 4.92 Å². The Balaban J connectivity index is 2.75. The molecule has 1 atom stereocenters. The maximum absolute atomic E-state index is 11.2. The summed E-state index contributed by atoms with van der Waals surface area (Å²) in [6.07, 6.45) is 0.120. The lowest BCUT2D eigenvalue weighted by Gasteiger charge is -2.07. The van der Waals surface area contributed by atoms with Crippen molar-refractivity contribution in [2.45, 2.75) is 19.4 Å². The molecule has 0 spiro atoms. The van der Waals surface area contributed by atoms with E-state index in [4.69, 9.17) is 4.74 Å². The molecule has 0 aliphatic rings. The van der Waals surface area contributed by atoms with Crippen molar-refractivity contribution in [1.29, 1.82) is 0 Å². The smallest absolute Gasteiger partial charge is 0.312 e. The van der Waals surface area contributed by atoms with Gasteiger partial charge in [0.15, 0.2) is 0 Å². The van der Waals surface area contributed by atoms with Gasteiger partial charge in [-0.15, -0.1) is 0 Å². The highest BCUT2D eigenvalue weighted by Crippen LogP contribution is 2.18. The van der Waals surface area contributed by atoms with Gasteiger partial charge in [0.1, 0.15) is 12.5 Å². The summed E-state index contributed by atoms with van der Waals surface area (Å²) < 4.78 is 4.80. The van der Waals surface area contributed by atoms with Crippen LogP contribution in [0.25, 0.3) is 0 Å². The van der Waals surface area contributed by atoms with Gasteiger partial charge in [0.05, 0.1) is 11.5 Å². The van der Waals surface area contributed by atoms with Gasteiger partial charge < -0.3 is 10.5 Å². The molecule has 0 unspecified atom stereocenters. The number of nitro groups is 1.